The SMILES string of the molecule is CCc1cccc(CC)c1NC(=O)ON=C(C)C. The maximum atomic E-state index is 11.6. The molecule has 1 amide bonds. The molecular weight excluding hydrogens is 228 g/mol. The summed E-state index contributed by atoms with van der Waals surface area (Å²) < 4.78 is 0. The zero-order chi connectivity index (χ0) is 13.5. The molecule has 0 saturated carbocycles. The molecule has 4 heteroatoms. The maximum absolute atomic E-state index is 11.6. The third-order valence-corrected chi connectivity index (χ3v) is 2.54. The Bertz CT molecular complexity index is 427. The summed E-state index contributed by atoms with van der Waals surface area (Å²) in [4.78, 5) is 16.4. The molecule has 0 fully saturated rings. The summed E-state index contributed by atoms with van der Waals surface area (Å²) in [5, 5.41) is 6.40. The Morgan fingerprint density at radius 2 is 1.78 bits per heavy atom. The molecule has 0 aliphatic heterocycles. The van der Waals surface area contributed by atoms with Crippen molar-refractivity contribution in [2.45, 2.75) is 40.5 Å². The normalized spacial score (nSPS) is 9.78. The van der Waals surface area contributed by atoms with Gasteiger partial charge in [-0.2, -0.15) is 0 Å². The van der Waals surface area contributed by atoms with Crippen molar-refractivity contribution < 1.29 is 9.63 Å². The molecule has 0 spiro atoms. The number of carbonyl (C=O) groups is 1. The fourth-order valence-corrected chi connectivity index (χ4v) is 1.66. The maximum Gasteiger partial charge on any atom is 0.437 e. The molecule has 1 N–H and O–H groups in total. The number of nitrogens with one attached hydrogen (secondary N) is 1. The molecule has 0 unspecified atom stereocenters. The minimum atomic E-state index is -0.549. The van der Waals surface area contributed by atoms with Gasteiger partial charge in [-0.25, -0.2) is 4.79 Å². The molecule has 1 aromatic carbocycles. The van der Waals surface area contributed by atoms with E-state index in [9.17, 15) is 4.79 Å². The number of amides is 1. The first-order valence-electron chi connectivity index (χ1n) is 6.18. The molecule has 98 valence electrons. The van der Waals surface area contributed by atoms with Gasteiger partial charge in [-0.1, -0.05) is 37.2 Å². The molecule has 0 aromatic heterocycles. The fraction of sp³-hybridized carbons (Fsp3) is 0.429. The standard InChI is InChI=1S/C14H20N2O2/c1-5-11-8-7-9-12(6-2)13(11)15-14(17)18-16-10(3)4/h7-9H,5-6H2,1-4H3,(H,15,17). The molecule has 0 aliphatic rings. The number of nitrogens with zero attached hydrogens (tertiary/aromatic N) is 1. The second-order valence-electron chi connectivity index (χ2n) is 4.20. The number of oxime groups is 1. The number of carbonyl (C=O) groups excluding carboxylic acids is 1. The summed E-state index contributed by atoms with van der Waals surface area (Å²) in [5.41, 5.74) is 3.74. The van der Waals surface area contributed by atoms with Gasteiger partial charge >= 0.3 is 6.09 Å². The van der Waals surface area contributed by atoms with E-state index in [0.29, 0.717) is 5.71 Å². The second kappa shape index (κ2) is 6.79. The quantitative estimate of drug-likeness (QED) is 0.501. The van der Waals surface area contributed by atoms with Gasteiger partial charge < -0.3 is 0 Å². The Morgan fingerprint density at radius 3 is 2.22 bits per heavy atom. The third-order valence-electron chi connectivity index (χ3n) is 2.54. The highest BCUT2D eigenvalue weighted by Gasteiger charge is 2.10. The van der Waals surface area contributed by atoms with Crippen LogP contribution in [0.5, 0.6) is 0 Å². The first-order valence-corrected chi connectivity index (χ1v) is 6.18. The summed E-state index contributed by atoms with van der Waals surface area (Å²) in [7, 11) is 0. The van der Waals surface area contributed by atoms with Gasteiger partial charge in [0.05, 0.1) is 11.4 Å². The monoisotopic (exact) mass is 248 g/mol. The van der Waals surface area contributed by atoms with E-state index in [4.69, 9.17) is 4.84 Å². The van der Waals surface area contributed by atoms with E-state index in [-0.39, 0.29) is 0 Å². The molecule has 0 radical (unpaired) electrons. The van der Waals surface area contributed by atoms with Crippen molar-refractivity contribution >= 4 is 17.5 Å². The van der Waals surface area contributed by atoms with Crippen molar-refractivity contribution in [1.82, 2.24) is 0 Å². The van der Waals surface area contributed by atoms with Crippen molar-refractivity contribution in [2.24, 2.45) is 5.16 Å². The number of benzene rings is 1. The minimum Gasteiger partial charge on any atom is -0.298 e. The van der Waals surface area contributed by atoms with Crippen LogP contribution in [-0.2, 0) is 17.7 Å². The van der Waals surface area contributed by atoms with Crippen LogP contribution >= 0.6 is 0 Å². The lowest BCUT2D eigenvalue weighted by Gasteiger charge is -2.12. The van der Waals surface area contributed by atoms with Gasteiger partial charge in [0, 0.05) is 0 Å². The van der Waals surface area contributed by atoms with Gasteiger partial charge in [0.25, 0.3) is 0 Å². The van der Waals surface area contributed by atoms with E-state index in [0.717, 1.165) is 29.7 Å². The molecular formula is C14H20N2O2. The predicted molar refractivity (Wildman–Crippen MR) is 74.1 cm³/mol. The second-order valence-corrected chi connectivity index (χ2v) is 4.20. The average Bonchev–Trinajstić information content (AvgIpc) is 2.36. The van der Waals surface area contributed by atoms with Crippen molar-refractivity contribution in [1.29, 1.82) is 0 Å². The Balaban J connectivity index is 2.88. The van der Waals surface area contributed by atoms with Gasteiger partial charge in [-0.15, -0.1) is 0 Å². The van der Waals surface area contributed by atoms with Gasteiger partial charge in [0.15, 0.2) is 0 Å². The molecule has 0 saturated heterocycles. The van der Waals surface area contributed by atoms with Gasteiger partial charge in [-0.3, -0.25) is 10.2 Å². The number of anilines is 1. The molecule has 0 heterocycles. The number of para-hydroxylation sites is 1. The topological polar surface area (TPSA) is 50.7 Å². The van der Waals surface area contributed by atoms with Crippen LogP contribution in [0.15, 0.2) is 23.4 Å². The lowest BCUT2D eigenvalue weighted by Crippen LogP contribution is -2.14. The number of hydrogen-bond acceptors (Lipinski definition) is 3. The fourth-order valence-electron chi connectivity index (χ4n) is 1.66. The summed E-state index contributed by atoms with van der Waals surface area (Å²) in [6.45, 7) is 7.65. The van der Waals surface area contributed by atoms with Crippen molar-refractivity contribution in [3.63, 3.8) is 0 Å². The van der Waals surface area contributed by atoms with Gasteiger partial charge in [-0.05, 0) is 37.8 Å². The van der Waals surface area contributed by atoms with Crippen molar-refractivity contribution in [3.05, 3.63) is 29.3 Å². The number of aryl methyl sites for hydroxylation is 2. The Labute approximate surface area is 108 Å². The highest BCUT2D eigenvalue weighted by Crippen LogP contribution is 2.22. The van der Waals surface area contributed by atoms with Crippen molar-refractivity contribution in [2.75, 3.05) is 5.32 Å². The van der Waals surface area contributed by atoms with Gasteiger partial charge in [0.1, 0.15) is 0 Å². The largest absolute Gasteiger partial charge is 0.437 e. The summed E-state index contributed by atoms with van der Waals surface area (Å²) in [6, 6.07) is 6.01. The molecule has 18 heavy (non-hydrogen) atoms. The highest BCUT2D eigenvalue weighted by molar-refractivity contribution is 5.88. The first kappa shape index (κ1) is 14.2. The van der Waals surface area contributed by atoms with Gasteiger partial charge in [0.2, 0.25) is 0 Å². The van der Waals surface area contributed by atoms with Crippen LogP contribution in [0.3, 0.4) is 0 Å². The highest BCUT2D eigenvalue weighted by atomic mass is 16.7. The van der Waals surface area contributed by atoms with Crippen LogP contribution in [0.4, 0.5) is 10.5 Å². The van der Waals surface area contributed by atoms with E-state index >= 15 is 0 Å². The van der Waals surface area contributed by atoms with Crippen LogP contribution < -0.4 is 5.32 Å². The molecule has 1 rings (SSSR count). The van der Waals surface area contributed by atoms with Crippen LogP contribution in [0.2, 0.25) is 0 Å². The van der Waals surface area contributed by atoms with E-state index in [1.54, 1.807) is 13.8 Å². The molecule has 0 aliphatic carbocycles. The molecule has 0 bridgehead atoms. The Hall–Kier alpha value is -1.84. The summed E-state index contributed by atoms with van der Waals surface area (Å²) in [6.07, 6.45) is 1.17. The lowest BCUT2D eigenvalue weighted by molar-refractivity contribution is 0.166. The zero-order valence-electron chi connectivity index (χ0n) is 11.4. The predicted octanol–water partition coefficient (Wildman–Crippen LogP) is 3.76. The Morgan fingerprint density at radius 1 is 1.22 bits per heavy atom. The molecule has 4 nitrogen and oxygen atoms in total. The van der Waals surface area contributed by atoms with Crippen LogP contribution in [0.25, 0.3) is 0 Å². The number of hydrogen-bond donors (Lipinski definition) is 1. The molecule has 0 atom stereocenters. The van der Waals surface area contributed by atoms with E-state index in [1.807, 2.05) is 18.2 Å². The van der Waals surface area contributed by atoms with E-state index in [2.05, 4.69) is 24.3 Å². The minimum absolute atomic E-state index is 0.549. The van der Waals surface area contributed by atoms with E-state index in [1.165, 1.54) is 0 Å². The third kappa shape index (κ3) is 3.87. The zero-order valence-corrected chi connectivity index (χ0v) is 11.4. The smallest absolute Gasteiger partial charge is 0.298 e. The summed E-state index contributed by atoms with van der Waals surface area (Å²) >= 11 is 0. The first-order chi connectivity index (χ1) is 8.58. The van der Waals surface area contributed by atoms with Crippen LogP contribution in [0.1, 0.15) is 38.8 Å². The van der Waals surface area contributed by atoms with Crippen LogP contribution in [0, 0.1) is 0 Å². The van der Waals surface area contributed by atoms with E-state index < -0.39 is 6.09 Å². The molecule has 1 aromatic rings. The number of rotatable bonds is 4. The van der Waals surface area contributed by atoms with Crippen LogP contribution in [-0.4, -0.2) is 11.8 Å². The lowest BCUT2D eigenvalue weighted by atomic mass is 10.0. The summed E-state index contributed by atoms with van der Waals surface area (Å²) in [5.74, 6) is 0. The van der Waals surface area contributed by atoms with Crippen molar-refractivity contribution in [3.8, 4) is 0 Å². The Kier molecular flexibility index (Phi) is 5.36. The average molecular weight is 248 g/mol.